The fraction of sp³-hybridized carbons (Fsp3) is 0.444. The number of thiazole rings is 1. The molecule has 0 atom stereocenters. The molecule has 2 heterocycles. The second-order valence-corrected chi connectivity index (χ2v) is 9.77. The first kappa shape index (κ1) is 19.4. The fourth-order valence-corrected chi connectivity index (χ4v) is 5.53. The molecule has 1 aliphatic carbocycles. The maximum atomic E-state index is 14.1. The molecule has 1 aromatic carbocycles. The van der Waals surface area contributed by atoms with Gasteiger partial charge < -0.3 is 0 Å². The van der Waals surface area contributed by atoms with Gasteiger partial charge in [-0.2, -0.15) is 0 Å². The van der Waals surface area contributed by atoms with Crippen molar-refractivity contribution in [1.29, 1.82) is 0 Å². The molecule has 150 valence electrons. The molecular formula is C18H21FN4O3S2. The SMILES string of the molecule is CCN1CCc2nc(NC(=O)c3ccc(F)c(S(=O)(=O)NC4CC4)c3)sc2C1. The quantitative estimate of drug-likeness (QED) is 0.743. The Morgan fingerprint density at radius 1 is 1.39 bits per heavy atom. The van der Waals surface area contributed by atoms with Crippen LogP contribution in [-0.2, 0) is 23.0 Å². The standard InChI is InChI=1S/C18H21FN4O3S2/c1-2-23-8-7-14-15(10-23)27-18(20-14)21-17(24)11-3-6-13(19)16(9-11)28(25,26)22-12-4-5-12/h3,6,9,12,22H,2,4-5,7-8,10H2,1H3,(H,20,21,24). The number of nitrogens with one attached hydrogen (secondary N) is 2. The van der Waals surface area contributed by atoms with Crippen molar-refractivity contribution in [2.24, 2.45) is 0 Å². The number of halogens is 1. The van der Waals surface area contributed by atoms with Gasteiger partial charge in [0.15, 0.2) is 5.13 Å². The Morgan fingerprint density at radius 2 is 2.18 bits per heavy atom. The van der Waals surface area contributed by atoms with E-state index in [1.54, 1.807) is 0 Å². The van der Waals surface area contributed by atoms with E-state index in [-0.39, 0.29) is 11.6 Å². The van der Waals surface area contributed by atoms with Gasteiger partial charge in [0.05, 0.1) is 5.69 Å². The summed E-state index contributed by atoms with van der Waals surface area (Å²) in [4.78, 5) is 20.0. The fourth-order valence-electron chi connectivity index (χ4n) is 3.08. The molecule has 2 aliphatic rings. The third kappa shape index (κ3) is 4.09. The molecule has 1 fully saturated rings. The molecule has 0 unspecified atom stereocenters. The Bertz CT molecular complexity index is 1020. The van der Waals surface area contributed by atoms with Gasteiger partial charge in [-0.3, -0.25) is 15.0 Å². The number of rotatable bonds is 6. The summed E-state index contributed by atoms with van der Waals surface area (Å²) in [6, 6.07) is 3.20. The number of carbonyl (C=O) groups excluding carboxylic acids is 1. The van der Waals surface area contributed by atoms with Crippen LogP contribution in [0.25, 0.3) is 0 Å². The Kier molecular flexibility index (Phi) is 5.21. The van der Waals surface area contributed by atoms with Crippen molar-refractivity contribution in [3.8, 4) is 0 Å². The zero-order valence-corrected chi connectivity index (χ0v) is 17.0. The molecule has 0 radical (unpaired) electrons. The smallest absolute Gasteiger partial charge is 0.257 e. The monoisotopic (exact) mass is 424 g/mol. The second kappa shape index (κ2) is 7.51. The van der Waals surface area contributed by atoms with Crippen LogP contribution in [0.2, 0.25) is 0 Å². The van der Waals surface area contributed by atoms with Crippen molar-refractivity contribution in [3.05, 3.63) is 40.2 Å². The van der Waals surface area contributed by atoms with Crippen LogP contribution in [0, 0.1) is 5.82 Å². The van der Waals surface area contributed by atoms with Crippen molar-refractivity contribution in [2.45, 2.75) is 43.7 Å². The minimum Gasteiger partial charge on any atom is -0.298 e. The van der Waals surface area contributed by atoms with Crippen LogP contribution >= 0.6 is 11.3 Å². The summed E-state index contributed by atoms with van der Waals surface area (Å²) in [6.45, 7) is 4.81. The number of anilines is 1. The number of likely N-dealkylation sites (N-methyl/N-ethyl adjacent to an activating group) is 1. The number of sulfonamides is 1. The lowest BCUT2D eigenvalue weighted by molar-refractivity contribution is 0.102. The summed E-state index contributed by atoms with van der Waals surface area (Å²) in [6.07, 6.45) is 2.32. The summed E-state index contributed by atoms with van der Waals surface area (Å²) >= 11 is 1.42. The van der Waals surface area contributed by atoms with Crippen molar-refractivity contribution < 1.29 is 17.6 Å². The average molecular weight is 425 g/mol. The van der Waals surface area contributed by atoms with Gasteiger partial charge in [-0.25, -0.2) is 22.5 Å². The number of fused-ring (bicyclic) bond motifs is 1. The van der Waals surface area contributed by atoms with E-state index in [1.165, 1.54) is 17.4 Å². The van der Waals surface area contributed by atoms with E-state index in [9.17, 15) is 17.6 Å². The summed E-state index contributed by atoms with van der Waals surface area (Å²) in [5, 5.41) is 3.18. The number of hydrogen-bond donors (Lipinski definition) is 2. The molecule has 1 aromatic heterocycles. The van der Waals surface area contributed by atoms with E-state index in [4.69, 9.17) is 0 Å². The van der Waals surface area contributed by atoms with Gasteiger partial charge in [-0.15, -0.1) is 11.3 Å². The zero-order valence-electron chi connectivity index (χ0n) is 15.4. The lowest BCUT2D eigenvalue weighted by Gasteiger charge is -2.23. The molecular weight excluding hydrogens is 403 g/mol. The molecule has 4 rings (SSSR count). The molecule has 0 spiro atoms. The predicted octanol–water partition coefficient (Wildman–Crippen LogP) is 2.35. The second-order valence-electron chi connectivity index (χ2n) is 7.00. The third-order valence-corrected chi connectivity index (χ3v) is 7.39. The summed E-state index contributed by atoms with van der Waals surface area (Å²) in [5.41, 5.74) is 1.06. The molecule has 2 N–H and O–H groups in total. The first-order valence-electron chi connectivity index (χ1n) is 9.20. The van der Waals surface area contributed by atoms with Crippen molar-refractivity contribution in [1.82, 2.24) is 14.6 Å². The lowest BCUT2D eigenvalue weighted by atomic mass is 10.2. The Balaban J connectivity index is 1.53. The van der Waals surface area contributed by atoms with Gasteiger partial charge in [-0.05, 0) is 37.6 Å². The predicted molar refractivity (Wildman–Crippen MR) is 104 cm³/mol. The van der Waals surface area contributed by atoms with Gasteiger partial charge >= 0.3 is 0 Å². The Morgan fingerprint density at radius 3 is 2.89 bits per heavy atom. The van der Waals surface area contributed by atoms with E-state index in [0.717, 1.165) is 61.6 Å². The van der Waals surface area contributed by atoms with Gasteiger partial charge in [0.1, 0.15) is 10.7 Å². The van der Waals surface area contributed by atoms with Gasteiger partial charge in [0, 0.05) is 36.0 Å². The maximum absolute atomic E-state index is 14.1. The van der Waals surface area contributed by atoms with E-state index in [0.29, 0.717) is 5.13 Å². The van der Waals surface area contributed by atoms with Crippen LogP contribution in [0.3, 0.4) is 0 Å². The number of hydrogen-bond acceptors (Lipinski definition) is 6. The highest BCUT2D eigenvalue weighted by atomic mass is 32.2. The molecule has 1 saturated carbocycles. The van der Waals surface area contributed by atoms with Crippen molar-refractivity contribution >= 4 is 32.4 Å². The third-order valence-electron chi connectivity index (χ3n) is 4.86. The first-order valence-corrected chi connectivity index (χ1v) is 11.5. The Labute approximate surface area is 167 Å². The van der Waals surface area contributed by atoms with Crippen LogP contribution in [0.15, 0.2) is 23.1 Å². The average Bonchev–Trinajstić information content (AvgIpc) is 3.37. The molecule has 1 aliphatic heterocycles. The molecule has 0 bridgehead atoms. The molecule has 28 heavy (non-hydrogen) atoms. The largest absolute Gasteiger partial charge is 0.298 e. The number of carbonyl (C=O) groups is 1. The molecule has 10 heteroatoms. The Hall–Kier alpha value is -1.88. The minimum atomic E-state index is -3.99. The highest BCUT2D eigenvalue weighted by molar-refractivity contribution is 7.89. The molecule has 0 saturated heterocycles. The van der Waals surface area contributed by atoms with Crippen LogP contribution in [-0.4, -0.2) is 43.3 Å². The van der Waals surface area contributed by atoms with Crippen molar-refractivity contribution in [2.75, 3.05) is 18.4 Å². The van der Waals surface area contributed by atoms with Gasteiger partial charge in [0.2, 0.25) is 10.0 Å². The lowest BCUT2D eigenvalue weighted by Crippen LogP contribution is -2.29. The summed E-state index contributed by atoms with van der Waals surface area (Å²) < 4.78 is 41.2. The van der Waals surface area contributed by atoms with Crippen LogP contribution in [0.4, 0.5) is 9.52 Å². The number of aromatic nitrogens is 1. The van der Waals surface area contributed by atoms with Crippen LogP contribution < -0.4 is 10.0 Å². The number of amides is 1. The normalized spacial score (nSPS) is 17.4. The molecule has 1 amide bonds. The highest BCUT2D eigenvalue weighted by Gasteiger charge is 2.30. The molecule has 7 nitrogen and oxygen atoms in total. The molecule has 2 aromatic rings. The zero-order chi connectivity index (χ0) is 19.9. The van der Waals surface area contributed by atoms with E-state index in [1.807, 2.05) is 0 Å². The van der Waals surface area contributed by atoms with Gasteiger partial charge in [0.25, 0.3) is 5.91 Å². The summed E-state index contributed by atoms with van der Waals surface area (Å²) in [7, 11) is -3.99. The summed E-state index contributed by atoms with van der Waals surface area (Å²) in [5.74, 6) is -1.39. The maximum Gasteiger partial charge on any atom is 0.257 e. The van der Waals surface area contributed by atoms with Crippen LogP contribution in [0.5, 0.6) is 0 Å². The van der Waals surface area contributed by atoms with Crippen molar-refractivity contribution in [3.63, 3.8) is 0 Å². The minimum absolute atomic E-state index is 0.0703. The first-order chi connectivity index (χ1) is 13.4. The number of nitrogens with zero attached hydrogens (tertiary/aromatic N) is 2. The topological polar surface area (TPSA) is 91.4 Å². The van der Waals surface area contributed by atoms with E-state index < -0.39 is 26.6 Å². The van der Waals surface area contributed by atoms with E-state index >= 15 is 0 Å². The van der Waals surface area contributed by atoms with Crippen LogP contribution in [0.1, 0.15) is 40.7 Å². The van der Waals surface area contributed by atoms with Gasteiger partial charge in [-0.1, -0.05) is 6.92 Å². The van der Waals surface area contributed by atoms with E-state index in [2.05, 4.69) is 26.8 Å². The highest BCUT2D eigenvalue weighted by Crippen LogP contribution is 2.29. The number of benzene rings is 1.